The minimum Gasteiger partial charge on any atom is -0.379 e. The van der Waals surface area contributed by atoms with Gasteiger partial charge in [0.25, 0.3) is 0 Å². The Morgan fingerprint density at radius 1 is 1.29 bits per heavy atom. The Kier molecular flexibility index (Phi) is 6.45. The fourth-order valence-corrected chi connectivity index (χ4v) is 3.51. The van der Waals surface area contributed by atoms with Crippen molar-refractivity contribution in [2.24, 2.45) is 17.6 Å². The van der Waals surface area contributed by atoms with Crippen molar-refractivity contribution in [2.75, 3.05) is 45.9 Å². The first-order chi connectivity index (χ1) is 10.1. The number of rotatable bonds is 6. The Hall–Kier alpha value is -0.650. The van der Waals surface area contributed by atoms with Crippen LogP contribution >= 0.6 is 0 Å². The number of amides is 1. The van der Waals surface area contributed by atoms with E-state index >= 15 is 0 Å². The van der Waals surface area contributed by atoms with Crippen LogP contribution in [0.3, 0.4) is 0 Å². The van der Waals surface area contributed by atoms with E-state index in [1.165, 1.54) is 0 Å². The van der Waals surface area contributed by atoms with E-state index in [9.17, 15) is 4.79 Å². The molecule has 0 spiro atoms. The zero-order valence-electron chi connectivity index (χ0n) is 13.6. The number of likely N-dealkylation sites (tertiary alicyclic amines) is 1. The SMILES string of the molecule is CC(C)CC(CN)CC(=O)N1CCC(N2CCOCC2)C1. The van der Waals surface area contributed by atoms with Crippen molar-refractivity contribution in [3.63, 3.8) is 0 Å². The number of hydrogen-bond acceptors (Lipinski definition) is 4. The molecule has 2 aliphatic rings. The highest BCUT2D eigenvalue weighted by atomic mass is 16.5. The number of carbonyl (C=O) groups excluding carboxylic acids is 1. The lowest BCUT2D eigenvalue weighted by molar-refractivity contribution is -0.131. The quantitative estimate of drug-likeness (QED) is 0.792. The minimum atomic E-state index is 0.293. The normalized spacial score (nSPS) is 25.5. The molecule has 5 nitrogen and oxygen atoms in total. The van der Waals surface area contributed by atoms with Gasteiger partial charge in [0.05, 0.1) is 13.2 Å². The van der Waals surface area contributed by atoms with E-state index in [1.54, 1.807) is 0 Å². The topological polar surface area (TPSA) is 58.8 Å². The maximum absolute atomic E-state index is 12.5. The van der Waals surface area contributed by atoms with E-state index in [1.807, 2.05) is 4.90 Å². The minimum absolute atomic E-state index is 0.293. The van der Waals surface area contributed by atoms with E-state index < -0.39 is 0 Å². The summed E-state index contributed by atoms with van der Waals surface area (Å²) in [5, 5.41) is 0. The summed E-state index contributed by atoms with van der Waals surface area (Å²) < 4.78 is 5.40. The zero-order valence-corrected chi connectivity index (χ0v) is 13.6. The summed E-state index contributed by atoms with van der Waals surface area (Å²) in [6, 6.07) is 0.527. The van der Waals surface area contributed by atoms with Gasteiger partial charge in [-0.05, 0) is 31.2 Å². The van der Waals surface area contributed by atoms with Gasteiger partial charge in [0, 0.05) is 38.6 Å². The summed E-state index contributed by atoms with van der Waals surface area (Å²) in [6.45, 7) is 10.5. The van der Waals surface area contributed by atoms with Crippen LogP contribution in [0.25, 0.3) is 0 Å². The Bertz CT molecular complexity index is 329. The first-order valence-corrected chi connectivity index (χ1v) is 8.39. The lowest BCUT2D eigenvalue weighted by atomic mass is 9.94. The summed E-state index contributed by atoms with van der Waals surface area (Å²) in [6.07, 6.45) is 2.76. The van der Waals surface area contributed by atoms with E-state index in [0.717, 1.165) is 52.2 Å². The Morgan fingerprint density at radius 2 is 2.00 bits per heavy atom. The first-order valence-electron chi connectivity index (χ1n) is 8.39. The van der Waals surface area contributed by atoms with E-state index in [2.05, 4.69) is 18.7 Å². The molecule has 2 aliphatic heterocycles. The number of hydrogen-bond donors (Lipinski definition) is 1. The smallest absolute Gasteiger partial charge is 0.222 e. The third-order valence-electron chi connectivity index (χ3n) is 4.68. The van der Waals surface area contributed by atoms with Gasteiger partial charge in [-0.2, -0.15) is 0 Å². The van der Waals surface area contributed by atoms with Gasteiger partial charge in [0.2, 0.25) is 5.91 Å². The molecule has 0 aromatic heterocycles. The van der Waals surface area contributed by atoms with Crippen molar-refractivity contribution in [3.8, 4) is 0 Å². The summed E-state index contributed by atoms with van der Waals surface area (Å²) >= 11 is 0. The molecule has 0 saturated carbocycles. The number of nitrogens with two attached hydrogens (primary N) is 1. The standard InChI is InChI=1S/C16H31N3O2/c1-13(2)9-14(11-17)10-16(20)19-4-3-15(12-19)18-5-7-21-8-6-18/h13-15H,3-12,17H2,1-2H3. The highest BCUT2D eigenvalue weighted by Gasteiger charge is 2.31. The largest absolute Gasteiger partial charge is 0.379 e. The molecule has 0 radical (unpaired) electrons. The molecule has 5 heteroatoms. The number of carbonyl (C=O) groups is 1. The van der Waals surface area contributed by atoms with Crippen LogP contribution in [0.2, 0.25) is 0 Å². The molecule has 2 saturated heterocycles. The molecule has 2 rings (SSSR count). The average Bonchev–Trinajstić information content (AvgIpc) is 2.97. The molecule has 1 amide bonds. The molecule has 122 valence electrons. The second-order valence-corrected chi connectivity index (χ2v) is 6.87. The fourth-order valence-electron chi connectivity index (χ4n) is 3.51. The van der Waals surface area contributed by atoms with Crippen LogP contribution in [0, 0.1) is 11.8 Å². The van der Waals surface area contributed by atoms with Gasteiger partial charge >= 0.3 is 0 Å². The van der Waals surface area contributed by atoms with Gasteiger partial charge in [0.1, 0.15) is 0 Å². The lowest BCUT2D eigenvalue weighted by Crippen LogP contribution is -2.45. The van der Waals surface area contributed by atoms with Crippen LogP contribution in [0.4, 0.5) is 0 Å². The zero-order chi connectivity index (χ0) is 15.2. The fraction of sp³-hybridized carbons (Fsp3) is 0.938. The lowest BCUT2D eigenvalue weighted by Gasteiger charge is -2.32. The summed E-state index contributed by atoms with van der Waals surface area (Å²) in [5.41, 5.74) is 5.82. The highest BCUT2D eigenvalue weighted by Crippen LogP contribution is 2.21. The third-order valence-corrected chi connectivity index (χ3v) is 4.68. The number of nitrogens with zero attached hydrogens (tertiary/aromatic N) is 2. The second-order valence-electron chi connectivity index (χ2n) is 6.87. The van der Waals surface area contributed by atoms with Crippen molar-refractivity contribution >= 4 is 5.91 Å². The summed E-state index contributed by atoms with van der Waals surface area (Å²) in [4.78, 5) is 17.0. The molecule has 2 N–H and O–H groups in total. The van der Waals surface area contributed by atoms with Gasteiger partial charge in [0.15, 0.2) is 0 Å². The Balaban J connectivity index is 1.78. The van der Waals surface area contributed by atoms with Crippen LogP contribution in [0.1, 0.15) is 33.1 Å². The van der Waals surface area contributed by atoms with E-state index in [0.29, 0.717) is 36.8 Å². The van der Waals surface area contributed by atoms with Crippen molar-refractivity contribution < 1.29 is 9.53 Å². The molecular weight excluding hydrogens is 266 g/mol. The highest BCUT2D eigenvalue weighted by molar-refractivity contribution is 5.76. The average molecular weight is 297 g/mol. The second kappa shape index (κ2) is 8.11. The summed E-state index contributed by atoms with van der Waals surface area (Å²) in [5.74, 6) is 1.23. The van der Waals surface area contributed by atoms with Gasteiger partial charge < -0.3 is 15.4 Å². The molecule has 0 aliphatic carbocycles. The molecule has 2 heterocycles. The summed E-state index contributed by atoms with van der Waals surface area (Å²) in [7, 11) is 0. The van der Waals surface area contributed by atoms with Crippen LogP contribution in [-0.2, 0) is 9.53 Å². The Labute approximate surface area is 128 Å². The molecule has 0 aromatic rings. The predicted octanol–water partition coefficient (Wildman–Crippen LogP) is 0.931. The molecule has 2 unspecified atom stereocenters. The first kappa shape index (κ1) is 16.7. The van der Waals surface area contributed by atoms with Crippen LogP contribution < -0.4 is 5.73 Å². The van der Waals surface area contributed by atoms with Crippen molar-refractivity contribution in [1.82, 2.24) is 9.80 Å². The van der Waals surface area contributed by atoms with Crippen molar-refractivity contribution in [2.45, 2.75) is 39.2 Å². The van der Waals surface area contributed by atoms with Gasteiger partial charge in [-0.25, -0.2) is 0 Å². The monoisotopic (exact) mass is 297 g/mol. The number of ether oxygens (including phenoxy) is 1. The Morgan fingerprint density at radius 3 is 2.62 bits per heavy atom. The van der Waals surface area contributed by atoms with Crippen molar-refractivity contribution in [1.29, 1.82) is 0 Å². The molecular formula is C16H31N3O2. The number of morpholine rings is 1. The van der Waals surface area contributed by atoms with Crippen LogP contribution in [-0.4, -0.2) is 67.7 Å². The van der Waals surface area contributed by atoms with Gasteiger partial charge in [-0.3, -0.25) is 9.69 Å². The molecule has 2 fully saturated rings. The molecule has 21 heavy (non-hydrogen) atoms. The maximum Gasteiger partial charge on any atom is 0.222 e. The predicted molar refractivity (Wildman–Crippen MR) is 84.0 cm³/mol. The van der Waals surface area contributed by atoms with Gasteiger partial charge in [-0.1, -0.05) is 13.8 Å². The van der Waals surface area contributed by atoms with Crippen molar-refractivity contribution in [3.05, 3.63) is 0 Å². The molecule has 2 atom stereocenters. The van der Waals surface area contributed by atoms with Crippen LogP contribution in [0.15, 0.2) is 0 Å². The molecule has 0 bridgehead atoms. The maximum atomic E-state index is 12.5. The van der Waals surface area contributed by atoms with Gasteiger partial charge in [-0.15, -0.1) is 0 Å². The third kappa shape index (κ3) is 4.94. The van der Waals surface area contributed by atoms with E-state index in [4.69, 9.17) is 10.5 Å². The molecule has 0 aromatic carbocycles. The van der Waals surface area contributed by atoms with Crippen LogP contribution in [0.5, 0.6) is 0 Å². The van der Waals surface area contributed by atoms with E-state index in [-0.39, 0.29) is 0 Å².